The van der Waals surface area contributed by atoms with Gasteiger partial charge in [-0.2, -0.15) is 5.10 Å². The van der Waals surface area contributed by atoms with Gasteiger partial charge in [-0.1, -0.05) is 24.3 Å². The van der Waals surface area contributed by atoms with Crippen molar-refractivity contribution in [3.05, 3.63) is 53.9 Å². The van der Waals surface area contributed by atoms with Crippen molar-refractivity contribution in [2.45, 2.75) is 31.7 Å². The molecule has 26 heavy (non-hydrogen) atoms. The van der Waals surface area contributed by atoms with Crippen LogP contribution in [0.25, 0.3) is 0 Å². The second kappa shape index (κ2) is 8.31. The van der Waals surface area contributed by atoms with Crippen LogP contribution >= 0.6 is 0 Å². The molecule has 6 heteroatoms. The van der Waals surface area contributed by atoms with Crippen molar-refractivity contribution >= 4 is 0 Å². The molecular formula is C20H28N4O2. The van der Waals surface area contributed by atoms with Gasteiger partial charge in [0.05, 0.1) is 31.9 Å². The van der Waals surface area contributed by atoms with E-state index < -0.39 is 0 Å². The summed E-state index contributed by atoms with van der Waals surface area (Å²) in [5.74, 6) is 0. The van der Waals surface area contributed by atoms with E-state index in [0.29, 0.717) is 13.2 Å². The van der Waals surface area contributed by atoms with Crippen molar-refractivity contribution in [2.24, 2.45) is 0 Å². The van der Waals surface area contributed by atoms with Gasteiger partial charge in [0, 0.05) is 32.0 Å². The zero-order chi connectivity index (χ0) is 17.8. The van der Waals surface area contributed by atoms with Crippen molar-refractivity contribution in [3.8, 4) is 0 Å². The Hall–Kier alpha value is -1.73. The molecule has 1 aromatic heterocycles. The van der Waals surface area contributed by atoms with E-state index in [4.69, 9.17) is 4.74 Å². The number of nitrogens with zero attached hydrogens (tertiary/aromatic N) is 4. The van der Waals surface area contributed by atoms with Crippen molar-refractivity contribution in [1.82, 2.24) is 19.6 Å². The van der Waals surface area contributed by atoms with Crippen LogP contribution in [0.3, 0.4) is 0 Å². The Morgan fingerprint density at radius 1 is 1.04 bits per heavy atom. The first kappa shape index (κ1) is 17.7. The average Bonchev–Trinajstić information content (AvgIpc) is 3.24. The van der Waals surface area contributed by atoms with Gasteiger partial charge < -0.3 is 9.84 Å². The summed E-state index contributed by atoms with van der Waals surface area (Å²) in [6.07, 6.45) is 4.62. The third-order valence-corrected chi connectivity index (χ3v) is 5.41. The maximum absolute atomic E-state index is 10.1. The van der Waals surface area contributed by atoms with Gasteiger partial charge in [-0.3, -0.25) is 14.5 Å². The van der Waals surface area contributed by atoms with Crippen LogP contribution in [0.2, 0.25) is 0 Å². The van der Waals surface area contributed by atoms with E-state index in [1.807, 2.05) is 23.1 Å². The van der Waals surface area contributed by atoms with Crippen LogP contribution in [-0.4, -0.2) is 76.2 Å². The van der Waals surface area contributed by atoms with Crippen LogP contribution in [0.5, 0.6) is 0 Å². The fourth-order valence-electron chi connectivity index (χ4n) is 4.03. The number of hydrogen-bond acceptors (Lipinski definition) is 5. The fourth-order valence-corrected chi connectivity index (χ4v) is 4.03. The van der Waals surface area contributed by atoms with Gasteiger partial charge >= 0.3 is 0 Å². The van der Waals surface area contributed by atoms with Crippen molar-refractivity contribution < 1.29 is 9.84 Å². The normalized spacial score (nSPS) is 25.4. The summed E-state index contributed by atoms with van der Waals surface area (Å²) in [4.78, 5) is 4.93. The number of aromatic nitrogens is 2. The molecule has 2 saturated heterocycles. The minimum absolute atomic E-state index is 0.173. The summed E-state index contributed by atoms with van der Waals surface area (Å²) in [5.41, 5.74) is 2.64. The molecule has 3 heterocycles. The van der Waals surface area contributed by atoms with E-state index in [1.165, 1.54) is 11.1 Å². The quantitative estimate of drug-likeness (QED) is 0.872. The average molecular weight is 356 g/mol. The minimum atomic E-state index is -0.333. The van der Waals surface area contributed by atoms with Gasteiger partial charge in [0.25, 0.3) is 0 Å². The molecule has 2 aliphatic heterocycles. The highest BCUT2D eigenvalue weighted by Crippen LogP contribution is 2.17. The van der Waals surface area contributed by atoms with E-state index >= 15 is 0 Å². The topological polar surface area (TPSA) is 53.8 Å². The lowest BCUT2D eigenvalue weighted by Crippen LogP contribution is -2.44. The zero-order valence-corrected chi connectivity index (χ0v) is 15.2. The van der Waals surface area contributed by atoms with Gasteiger partial charge in [0.1, 0.15) is 0 Å². The molecule has 0 amide bonds. The first-order valence-corrected chi connectivity index (χ1v) is 9.55. The lowest BCUT2D eigenvalue weighted by atomic mass is 10.1. The molecule has 0 unspecified atom stereocenters. The van der Waals surface area contributed by atoms with E-state index in [1.54, 1.807) is 0 Å². The second-order valence-electron chi connectivity index (χ2n) is 7.36. The highest BCUT2D eigenvalue weighted by Gasteiger charge is 2.32. The molecule has 140 valence electrons. The summed E-state index contributed by atoms with van der Waals surface area (Å²) < 4.78 is 7.39. The van der Waals surface area contributed by atoms with Gasteiger partial charge in [0.2, 0.25) is 0 Å². The Labute approximate surface area is 155 Å². The smallest absolute Gasteiger partial charge is 0.0950 e. The summed E-state index contributed by atoms with van der Waals surface area (Å²) in [6, 6.07) is 10.9. The Morgan fingerprint density at radius 3 is 2.69 bits per heavy atom. The highest BCUT2D eigenvalue weighted by molar-refractivity contribution is 5.23. The van der Waals surface area contributed by atoms with Crippen LogP contribution in [0.15, 0.2) is 42.7 Å². The van der Waals surface area contributed by atoms with Crippen LogP contribution in [-0.2, 0) is 17.8 Å². The number of hydrogen-bond donors (Lipinski definition) is 1. The largest absolute Gasteiger partial charge is 0.389 e. The van der Waals surface area contributed by atoms with Crippen molar-refractivity contribution in [2.75, 3.05) is 39.4 Å². The maximum atomic E-state index is 10.1. The standard InChI is InChI=1S/C20H28N4O2/c25-20-16-26-15-19(20)23-8-3-7-22(10-11-23)13-17-4-1-5-18(12-17)14-24-9-2-6-21-24/h1-2,4-6,9,12,19-20,25H,3,7-8,10-11,13-16H2/t19-,20-/m0/s1. The predicted octanol–water partition coefficient (Wildman–Crippen LogP) is 1.20. The Morgan fingerprint density at radius 2 is 1.92 bits per heavy atom. The Kier molecular flexibility index (Phi) is 5.65. The van der Waals surface area contributed by atoms with Gasteiger partial charge in [-0.05, 0) is 36.7 Å². The molecule has 2 atom stereocenters. The number of ether oxygens (including phenoxy) is 1. The van der Waals surface area contributed by atoms with Crippen molar-refractivity contribution in [1.29, 1.82) is 0 Å². The summed E-state index contributed by atoms with van der Waals surface area (Å²) >= 11 is 0. The molecule has 1 aromatic carbocycles. The lowest BCUT2D eigenvalue weighted by Gasteiger charge is -2.28. The number of aliphatic hydroxyl groups is 1. The summed E-state index contributed by atoms with van der Waals surface area (Å²) in [5, 5.41) is 14.4. The molecule has 2 fully saturated rings. The molecule has 2 aromatic rings. The number of rotatable bonds is 5. The van der Waals surface area contributed by atoms with Gasteiger partial charge in [-0.15, -0.1) is 0 Å². The SMILES string of the molecule is O[C@H]1COC[C@@H]1N1CCCN(Cc2cccc(Cn3cccn3)c2)CC1. The summed E-state index contributed by atoms with van der Waals surface area (Å²) in [7, 11) is 0. The van der Waals surface area contributed by atoms with E-state index in [9.17, 15) is 5.11 Å². The van der Waals surface area contributed by atoms with E-state index in [2.05, 4.69) is 39.2 Å². The van der Waals surface area contributed by atoms with Crippen LogP contribution in [0.1, 0.15) is 17.5 Å². The molecule has 0 aliphatic carbocycles. The molecular weight excluding hydrogens is 328 g/mol. The lowest BCUT2D eigenvalue weighted by molar-refractivity contribution is 0.0837. The molecule has 0 spiro atoms. The number of benzene rings is 1. The van der Waals surface area contributed by atoms with Crippen LogP contribution < -0.4 is 0 Å². The first-order valence-electron chi connectivity index (χ1n) is 9.55. The molecule has 1 N–H and O–H groups in total. The minimum Gasteiger partial charge on any atom is -0.389 e. The summed E-state index contributed by atoms with van der Waals surface area (Å²) in [6.45, 7) is 7.11. The van der Waals surface area contributed by atoms with E-state index in [-0.39, 0.29) is 12.1 Å². The molecule has 0 radical (unpaired) electrons. The van der Waals surface area contributed by atoms with Crippen LogP contribution in [0.4, 0.5) is 0 Å². The van der Waals surface area contributed by atoms with Gasteiger partial charge in [-0.25, -0.2) is 0 Å². The third-order valence-electron chi connectivity index (χ3n) is 5.41. The molecule has 4 rings (SSSR count). The molecule has 2 aliphatic rings. The van der Waals surface area contributed by atoms with Gasteiger partial charge in [0.15, 0.2) is 0 Å². The fraction of sp³-hybridized carbons (Fsp3) is 0.550. The number of aliphatic hydroxyl groups excluding tert-OH is 1. The Balaban J connectivity index is 1.34. The highest BCUT2D eigenvalue weighted by atomic mass is 16.5. The zero-order valence-electron chi connectivity index (χ0n) is 15.2. The first-order chi connectivity index (χ1) is 12.8. The third kappa shape index (κ3) is 4.32. The predicted molar refractivity (Wildman–Crippen MR) is 99.9 cm³/mol. The Bertz CT molecular complexity index is 691. The molecule has 0 bridgehead atoms. The van der Waals surface area contributed by atoms with Crippen LogP contribution in [0, 0.1) is 0 Å². The van der Waals surface area contributed by atoms with E-state index in [0.717, 1.165) is 45.7 Å². The maximum Gasteiger partial charge on any atom is 0.0950 e. The molecule has 0 saturated carbocycles. The molecule has 6 nitrogen and oxygen atoms in total. The van der Waals surface area contributed by atoms with Crippen molar-refractivity contribution in [3.63, 3.8) is 0 Å². The monoisotopic (exact) mass is 356 g/mol. The second-order valence-corrected chi connectivity index (χ2v) is 7.36.